The number of ether oxygens (including phenoxy) is 2. The molecule has 14 heteroatoms. The summed E-state index contributed by atoms with van der Waals surface area (Å²) in [5.74, 6) is -3.33. The first-order valence-electron chi connectivity index (χ1n) is 13.3. The first-order valence-corrected chi connectivity index (χ1v) is 13.3. The Bertz CT molecular complexity index is 1400. The van der Waals surface area contributed by atoms with Crippen LogP contribution < -0.4 is 16.0 Å². The molecule has 3 aromatic rings. The highest BCUT2D eigenvalue weighted by atomic mass is 19.3. The number of hydrogen-bond donors (Lipinski definition) is 3. The minimum absolute atomic E-state index is 0.0288. The lowest BCUT2D eigenvalue weighted by Crippen LogP contribution is -2.50. The van der Waals surface area contributed by atoms with E-state index in [0.717, 1.165) is 18.9 Å². The van der Waals surface area contributed by atoms with Gasteiger partial charge in [-0.3, -0.25) is 9.59 Å². The molecule has 0 saturated carbocycles. The Labute approximate surface area is 247 Å². The fraction of sp³-hybridized carbons (Fsp3) is 0.379. The normalized spacial score (nSPS) is 12.9. The van der Waals surface area contributed by atoms with Crippen LogP contribution >= 0.6 is 0 Å². The largest absolute Gasteiger partial charge is 0.467 e. The third kappa shape index (κ3) is 9.87. The van der Waals surface area contributed by atoms with Crippen molar-refractivity contribution in [3.63, 3.8) is 0 Å². The Balaban J connectivity index is 1.66. The molecule has 0 aliphatic rings. The second-order valence-corrected chi connectivity index (χ2v) is 10.5. The number of benzene rings is 2. The van der Waals surface area contributed by atoms with Crippen molar-refractivity contribution in [2.24, 2.45) is 0 Å². The summed E-state index contributed by atoms with van der Waals surface area (Å²) < 4.78 is 40.0. The highest BCUT2D eigenvalue weighted by Gasteiger charge is 2.44. The molecule has 230 valence electrons. The zero-order chi connectivity index (χ0) is 31.6. The van der Waals surface area contributed by atoms with Gasteiger partial charge in [-0.25, -0.2) is 9.59 Å². The van der Waals surface area contributed by atoms with Gasteiger partial charge in [-0.1, -0.05) is 65.9 Å². The minimum Gasteiger partial charge on any atom is -0.467 e. The quantitative estimate of drug-likeness (QED) is 0.268. The molecule has 1 heterocycles. The van der Waals surface area contributed by atoms with Gasteiger partial charge in [-0.05, 0) is 31.9 Å². The molecule has 0 aliphatic heterocycles. The number of alkyl halides is 2. The molecule has 0 spiro atoms. The summed E-state index contributed by atoms with van der Waals surface area (Å²) in [5.41, 5.74) is 0.483. The van der Waals surface area contributed by atoms with Crippen LogP contribution in [0.25, 0.3) is 0 Å². The van der Waals surface area contributed by atoms with Crippen LogP contribution in [0.2, 0.25) is 0 Å². The summed E-state index contributed by atoms with van der Waals surface area (Å²) in [4.78, 5) is 50.1. The Morgan fingerprint density at radius 1 is 0.884 bits per heavy atom. The van der Waals surface area contributed by atoms with Crippen LogP contribution in [0.5, 0.6) is 0 Å². The molecule has 12 nitrogen and oxygen atoms in total. The van der Waals surface area contributed by atoms with E-state index in [1.807, 2.05) is 5.32 Å². The van der Waals surface area contributed by atoms with Crippen molar-refractivity contribution < 1.29 is 37.4 Å². The van der Waals surface area contributed by atoms with Crippen molar-refractivity contribution >= 4 is 23.9 Å². The number of methoxy groups -OCH3 is 1. The van der Waals surface area contributed by atoms with Gasteiger partial charge in [0.05, 0.1) is 19.9 Å². The summed E-state index contributed by atoms with van der Waals surface area (Å²) in [6.07, 6.45) is 0.0300. The van der Waals surface area contributed by atoms with Crippen LogP contribution in [-0.2, 0) is 49.3 Å². The zero-order valence-corrected chi connectivity index (χ0v) is 24.2. The van der Waals surface area contributed by atoms with E-state index < -0.39 is 47.6 Å². The number of nitrogens with zero attached hydrogens (tertiary/aromatic N) is 3. The standard InChI is InChI=1S/C29H34F2N6O6/c1-28(2,3)43-27(41)34-22(15-19-11-7-5-8-12-19)24(38)32-17-21-18-37(36-35-21)29(30,31)26(40)33-23(25(39)42-4)16-20-13-9-6-10-14-20/h5-14,18,22-23H,15-17H2,1-4H3,(H,32,38)(H,33,40)(H,34,41)/t22-,23-/m0/s1. The number of carbonyl (C=O) groups excluding carboxylic acids is 4. The fourth-order valence-corrected chi connectivity index (χ4v) is 3.86. The molecule has 0 aliphatic carbocycles. The number of nitrogens with one attached hydrogen (secondary N) is 3. The summed E-state index contributed by atoms with van der Waals surface area (Å²) >= 11 is 0. The van der Waals surface area contributed by atoms with Crippen molar-refractivity contribution in [3.05, 3.63) is 83.7 Å². The van der Waals surface area contributed by atoms with Gasteiger partial charge in [0.2, 0.25) is 5.91 Å². The summed E-state index contributed by atoms with van der Waals surface area (Å²) in [6, 6.07) is 10.7. The Morgan fingerprint density at radius 2 is 1.44 bits per heavy atom. The monoisotopic (exact) mass is 600 g/mol. The predicted molar refractivity (Wildman–Crippen MR) is 149 cm³/mol. The van der Waals surface area contributed by atoms with E-state index in [4.69, 9.17) is 4.74 Å². The molecular formula is C29H34F2N6O6. The molecular weight excluding hydrogens is 566 g/mol. The van der Waals surface area contributed by atoms with Crippen LogP contribution in [0, 0.1) is 0 Å². The third-order valence-corrected chi connectivity index (χ3v) is 5.91. The number of halogens is 2. The minimum atomic E-state index is -4.23. The number of aromatic nitrogens is 3. The summed E-state index contributed by atoms with van der Waals surface area (Å²) in [7, 11) is 1.08. The maximum absolute atomic E-state index is 15.0. The molecule has 43 heavy (non-hydrogen) atoms. The smallest absolute Gasteiger partial charge is 0.423 e. The van der Waals surface area contributed by atoms with E-state index in [1.165, 1.54) is 0 Å². The van der Waals surface area contributed by atoms with Gasteiger partial charge >= 0.3 is 24.0 Å². The van der Waals surface area contributed by atoms with Crippen molar-refractivity contribution in [2.45, 2.75) is 63.9 Å². The number of esters is 1. The van der Waals surface area contributed by atoms with E-state index in [9.17, 15) is 19.2 Å². The molecule has 0 unspecified atom stereocenters. The average molecular weight is 601 g/mol. The lowest BCUT2D eigenvalue weighted by molar-refractivity contribution is -0.166. The fourth-order valence-electron chi connectivity index (χ4n) is 3.86. The highest BCUT2D eigenvalue weighted by Crippen LogP contribution is 2.21. The first-order chi connectivity index (χ1) is 20.3. The van der Waals surface area contributed by atoms with Gasteiger partial charge in [-0.2, -0.15) is 13.5 Å². The van der Waals surface area contributed by atoms with Crippen LogP contribution in [0.15, 0.2) is 66.9 Å². The van der Waals surface area contributed by atoms with Crippen molar-refractivity contribution in [1.82, 2.24) is 30.9 Å². The highest BCUT2D eigenvalue weighted by molar-refractivity contribution is 5.87. The van der Waals surface area contributed by atoms with Crippen LogP contribution in [-0.4, -0.2) is 63.7 Å². The SMILES string of the molecule is COC(=O)[C@H](Cc1ccccc1)NC(=O)C(F)(F)n1cc(CNC(=O)[C@H](Cc2ccccc2)NC(=O)OC(C)(C)C)nn1. The van der Waals surface area contributed by atoms with Crippen molar-refractivity contribution in [2.75, 3.05) is 7.11 Å². The van der Waals surface area contributed by atoms with E-state index in [0.29, 0.717) is 5.56 Å². The molecule has 3 rings (SSSR count). The maximum atomic E-state index is 15.0. The Morgan fingerprint density at radius 3 is 1.98 bits per heavy atom. The average Bonchev–Trinajstić information content (AvgIpc) is 3.45. The number of alkyl carbamates (subject to hydrolysis) is 1. The third-order valence-electron chi connectivity index (χ3n) is 5.91. The first kappa shape index (κ1) is 32.6. The van der Waals surface area contributed by atoms with Crippen molar-refractivity contribution in [1.29, 1.82) is 0 Å². The number of carbonyl (C=O) groups is 4. The molecule has 1 aromatic heterocycles. The van der Waals surface area contributed by atoms with Gasteiger partial charge in [0.1, 0.15) is 23.4 Å². The lowest BCUT2D eigenvalue weighted by atomic mass is 10.1. The summed E-state index contributed by atoms with van der Waals surface area (Å²) in [5, 5.41) is 14.0. The zero-order valence-electron chi connectivity index (χ0n) is 24.2. The number of hydrogen-bond acceptors (Lipinski definition) is 8. The van der Waals surface area contributed by atoms with E-state index >= 15 is 8.78 Å². The number of amides is 3. The molecule has 3 N–H and O–H groups in total. The van der Waals surface area contributed by atoms with E-state index in [2.05, 4.69) is 25.7 Å². The summed E-state index contributed by atoms with van der Waals surface area (Å²) in [6.45, 7) is 4.70. The van der Waals surface area contributed by atoms with Gasteiger partial charge in [0.15, 0.2) is 0 Å². The number of rotatable bonds is 12. The molecule has 0 fully saturated rings. The van der Waals surface area contributed by atoms with Gasteiger partial charge in [-0.15, -0.1) is 5.10 Å². The van der Waals surface area contributed by atoms with Crippen LogP contribution in [0.4, 0.5) is 13.6 Å². The second kappa shape index (κ2) is 14.3. The molecule has 0 saturated heterocycles. The Kier molecular flexibility index (Phi) is 10.9. The van der Waals surface area contributed by atoms with Crippen molar-refractivity contribution in [3.8, 4) is 0 Å². The molecule has 0 radical (unpaired) electrons. The van der Waals surface area contributed by atoms with Crippen LogP contribution in [0.3, 0.4) is 0 Å². The van der Waals surface area contributed by atoms with Gasteiger partial charge < -0.3 is 25.4 Å². The topological polar surface area (TPSA) is 154 Å². The lowest BCUT2D eigenvalue weighted by Gasteiger charge is -2.23. The molecule has 0 bridgehead atoms. The second-order valence-electron chi connectivity index (χ2n) is 10.5. The predicted octanol–water partition coefficient (Wildman–Crippen LogP) is 2.48. The van der Waals surface area contributed by atoms with Gasteiger partial charge in [0, 0.05) is 12.8 Å². The van der Waals surface area contributed by atoms with Crippen LogP contribution in [0.1, 0.15) is 37.6 Å². The molecule has 2 atom stereocenters. The van der Waals surface area contributed by atoms with E-state index in [-0.39, 0.29) is 29.8 Å². The molecule has 3 amide bonds. The van der Waals surface area contributed by atoms with Gasteiger partial charge in [0.25, 0.3) is 0 Å². The molecule has 2 aromatic carbocycles. The van der Waals surface area contributed by atoms with E-state index in [1.54, 1.807) is 81.4 Å². The Hall–Kier alpha value is -4.88. The maximum Gasteiger partial charge on any atom is 0.423 e.